The standard InChI is InChI=1S/C21H21N3O/c1-15-7-6-10-19(16(15)2)24-21(25)20-12-11-18(14-23-20)22-13-17-8-4-3-5-9-17/h3-12,14,22H,13H2,1-2H3,(H,24,25). The Hall–Kier alpha value is -3.14. The molecule has 0 aliphatic rings. The second kappa shape index (κ2) is 7.62. The molecule has 4 heteroatoms. The molecule has 2 aromatic carbocycles. The number of pyridine rings is 1. The fraction of sp³-hybridized carbons (Fsp3) is 0.143. The predicted molar refractivity (Wildman–Crippen MR) is 102 cm³/mol. The molecule has 0 aliphatic heterocycles. The lowest BCUT2D eigenvalue weighted by Gasteiger charge is -2.10. The first-order valence-electron chi connectivity index (χ1n) is 8.25. The fourth-order valence-corrected chi connectivity index (χ4v) is 2.51. The van der Waals surface area contributed by atoms with Crippen molar-refractivity contribution in [2.24, 2.45) is 0 Å². The Labute approximate surface area is 147 Å². The van der Waals surface area contributed by atoms with Crippen LogP contribution in [0, 0.1) is 13.8 Å². The number of rotatable bonds is 5. The van der Waals surface area contributed by atoms with Gasteiger partial charge in [-0.2, -0.15) is 0 Å². The zero-order chi connectivity index (χ0) is 17.6. The summed E-state index contributed by atoms with van der Waals surface area (Å²) in [7, 11) is 0. The first-order valence-corrected chi connectivity index (χ1v) is 8.25. The van der Waals surface area contributed by atoms with E-state index in [1.165, 1.54) is 5.56 Å². The van der Waals surface area contributed by atoms with Gasteiger partial charge in [-0.3, -0.25) is 4.79 Å². The van der Waals surface area contributed by atoms with E-state index in [4.69, 9.17) is 0 Å². The van der Waals surface area contributed by atoms with Crippen LogP contribution in [0.25, 0.3) is 0 Å². The molecule has 1 aromatic heterocycles. The van der Waals surface area contributed by atoms with Gasteiger partial charge in [0.15, 0.2) is 0 Å². The van der Waals surface area contributed by atoms with Gasteiger partial charge < -0.3 is 10.6 Å². The number of benzene rings is 2. The van der Waals surface area contributed by atoms with E-state index in [1.54, 1.807) is 12.3 Å². The van der Waals surface area contributed by atoms with Crippen molar-refractivity contribution in [1.82, 2.24) is 4.98 Å². The van der Waals surface area contributed by atoms with Gasteiger partial charge in [-0.25, -0.2) is 4.98 Å². The molecule has 0 bridgehead atoms. The van der Waals surface area contributed by atoms with Crippen molar-refractivity contribution < 1.29 is 4.79 Å². The maximum atomic E-state index is 12.4. The molecule has 25 heavy (non-hydrogen) atoms. The molecular formula is C21H21N3O. The third kappa shape index (κ3) is 4.23. The van der Waals surface area contributed by atoms with Gasteiger partial charge in [0.05, 0.1) is 11.9 Å². The zero-order valence-corrected chi connectivity index (χ0v) is 14.4. The van der Waals surface area contributed by atoms with Crippen LogP contribution in [0.3, 0.4) is 0 Å². The largest absolute Gasteiger partial charge is 0.380 e. The minimum atomic E-state index is -0.205. The van der Waals surface area contributed by atoms with E-state index in [9.17, 15) is 4.79 Å². The van der Waals surface area contributed by atoms with Gasteiger partial charge in [0, 0.05) is 12.2 Å². The molecule has 3 rings (SSSR count). The number of nitrogens with one attached hydrogen (secondary N) is 2. The third-order valence-corrected chi connectivity index (χ3v) is 4.19. The summed E-state index contributed by atoms with van der Waals surface area (Å²) in [5, 5.41) is 6.22. The average molecular weight is 331 g/mol. The number of carbonyl (C=O) groups is 1. The van der Waals surface area contributed by atoms with Gasteiger partial charge in [-0.1, -0.05) is 42.5 Å². The van der Waals surface area contributed by atoms with Crippen molar-refractivity contribution in [2.75, 3.05) is 10.6 Å². The summed E-state index contributed by atoms with van der Waals surface area (Å²) >= 11 is 0. The first kappa shape index (κ1) is 16.7. The van der Waals surface area contributed by atoms with Gasteiger partial charge in [-0.05, 0) is 48.7 Å². The number of aromatic nitrogens is 1. The van der Waals surface area contributed by atoms with Crippen molar-refractivity contribution in [2.45, 2.75) is 20.4 Å². The van der Waals surface area contributed by atoms with Crippen LogP contribution in [-0.4, -0.2) is 10.9 Å². The molecule has 126 valence electrons. The van der Waals surface area contributed by atoms with Gasteiger partial charge in [-0.15, -0.1) is 0 Å². The molecule has 0 saturated heterocycles. The highest BCUT2D eigenvalue weighted by molar-refractivity contribution is 6.03. The van der Waals surface area contributed by atoms with Crippen LogP contribution in [0.1, 0.15) is 27.2 Å². The number of aryl methyl sites for hydroxylation is 1. The number of carbonyl (C=O) groups excluding carboxylic acids is 1. The van der Waals surface area contributed by atoms with Crippen molar-refractivity contribution in [3.63, 3.8) is 0 Å². The third-order valence-electron chi connectivity index (χ3n) is 4.19. The number of nitrogens with zero attached hydrogens (tertiary/aromatic N) is 1. The van der Waals surface area contributed by atoms with Crippen LogP contribution in [0.2, 0.25) is 0 Å². The molecule has 3 aromatic rings. The minimum absolute atomic E-state index is 0.205. The van der Waals surface area contributed by atoms with E-state index in [0.29, 0.717) is 5.69 Å². The van der Waals surface area contributed by atoms with Crippen LogP contribution < -0.4 is 10.6 Å². The monoisotopic (exact) mass is 331 g/mol. The molecule has 0 radical (unpaired) electrons. The molecule has 1 heterocycles. The average Bonchev–Trinajstić information content (AvgIpc) is 2.65. The number of amides is 1. The van der Waals surface area contributed by atoms with E-state index in [2.05, 4.69) is 27.8 Å². The smallest absolute Gasteiger partial charge is 0.274 e. The number of hydrogen-bond donors (Lipinski definition) is 2. The Balaban J connectivity index is 1.63. The van der Waals surface area contributed by atoms with Crippen molar-refractivity contribution in [3.8, 4) is 0 Å². The summed E-state index contributed by atoms with van der Waals surface area (Å²) in [5.41, 5.74) is 5.50. The van der Waals surface area contributed by atoms with Crippen LogP contribution in [0.5, 0.6) is 0 Å². The summed E-state index contributed by atoms with van der Waals surface area (Å²) in [6.07, 6.45) is 1.68. The van der Waals surface area contributed by atoms with E-state index in [1.807, 2.05) is 56.3 Å². The summed E-state index contributed by atoms with van der Waals surface area (Å²) in [6.45, 7) is 4.74. The number of hydrogen-bond acceptors (Lipinski definition) is 3. The highest BCUT2D eigenvalue weighted by Crippen LogP contribution is 2.19. The highest BCUT2D eigenvalue weighted by Gasteiger charge is 2.09. The van der Waals surface area contributed by atoms with Gasteiger partial charge in [0.1, 0.15) is 5.69 Å². The molecule has 0 aliphatic carbocycles. The number of anilines is 2. The first-order chi connectivity index (χ1) is 12.1. The Morgan fingerprint density at radius 2 is 1.76 bits per heavy atom. The van der Waals surface area contributed by atoms with E-state index < -0.39 is 0 Å². The molecule has 2 N–H and O–H groups in total. The molecule has 1 amide bonds. The van der Waals surface area contributed by atoms with Gasteiger partial charge in [0.2, 0.25) is 0 Å². The lowest BCUT2D eigenvalue weighted by Crippen LogP contribution is -2.14. The van der Waals surface area contributed by atoms with Crippen molar-refractivity contribution in [1.29, 1.82) is 0 Å². The van der Waals surface area contributed by atoms with Crippen LogP contribution in [0.15, 0.2) is 66.9 Å². The summed E-state index contributed by atoms with van der Waals surface area (Å²) < 4.78 is 0. The maximum Gasteiger partial charge on any atom is 0.274 e. The minimum Gasteiger partial charge on any atom is -0.380 e. The summed E-state index contributed by atoms with van der Waals surface area (Å²) in [6, 6.07) is 19.6. The molecule has 0 unspecified atom stereocenters. The quantitative estimate of drug-likeness (QED) is 0.720. The Morgan fingerprint density at radius 3 is 2.48 bits per heavy atom. The Bertz CT molecular complexity index is 858. The Morgan fingerprint density at radius 1 is 0.960 bits per heavy atom. The lowest BCUT2D eigenvalue weighted by atomic mass is 10.1. The van der Waals surface area contributed by atoms with E-state index in [-0.39, 0.29) is 5.91 Å². The van der Waals surface area contributed by atoms with Crippen LogP contribution >= 0.6 is 0 Å². The molecule has 0 saturated carbocycles. The van der Waals surface area contributed by atoms with Crippen LogP contribution in [0.4, 0.5) is 11.4 Å². The topological polar surface area (TPSA) is 54.0 Å². The molecule has 4 nitrogen and oxygen atoms in total. The predicted octanol–water partition coefficient (Wildman–Crippen LogP) is 4.56. The molecule has 0 fully saturated rings. The van der Waals surface area contributed by atoms with Gasteiger partial charge in [0.25, 0.3) is 5.91 Å². The SMILES string of the molecule is Cc1cccc(NC(=O)c2ccc(NCc3ccccc3)cn2)c1C. The van der Waals surface area contributed by atoms with Crippen molar-refractivity contribution in [3.05, 3.63) is 89.2 Å². The second-order valence-corrected chi connectivity index (χ2v) is 5.97. The fourth-order valence-electron chi connectivity index (χ4n) is 2.51. The molecule has 0 atom stereocenters. The van der Waals surface area contributed by atoms with Gasteiger partial charge >= 0.3 is 0 Å². The normalized spacial score (nSPS) is 10.3. The van der Waals surface area contributed by atoms with Crippen molar-refractivity contribution >= 4 is 17.3 Å². The molecular weight excluding hydrogens is 310 g/mol. The Kier molecular flexibility index (Phi) is 5.09. The lowest BCUT2D eigenvalue weighted by molar-refractivity contribution is 0.102. The zero-order valence-electron chi connectivity index (χ0n) is 14.4. The van der Waals surface area contributed by atoms with E-state index in [0.717, 1.165) is 29.0 Å². The van der Waals surface area contributed by atoms with Crippen LogP contribution in [-0.2, 0) is 6.54 Å². The maximum absolute atomic E-state index is 12.4. The highest BCUT2D eigenvalue weighted by atomic mass is 16.1. The second-order valence-electron chi connectivity index (χ2n) is 5.97. The summed E-state index contributed by atoms with van der Waals surface area (Å²) in [4.78, 5) is 16.6. The molecule has 0 spiro atoms. The van der Waals surface area contributed by atoms with E-state index >= 15 is 0 Å². The summed E-state index contributed by atoms with van der Waals surface area (Å²) in [5.74, 6) is -0.205.